The van der Waals surface area contributed by atoms with Gasteiger partial charge in [-0.2, -0.15) is 0 Å². The molecule has 0 aromatic carbocycles. The minimum absolute atomic E-state index is 0.274. The fourth-order valence-electron chi connectivity index (χ4n) is 0.824. The molecule has 4 nitrogen and oxygen atoms in total. The maximum Gasteiger partial charge on any atom is 0.153 e. The first-order chi connectivity index (χ1) is 5.65. The van der Waals surface area contributed by atoms with Crippen LogP contribution in [0.4, 0.5) is 11.6 Å². The zero-order valence-electron chi connectivity index (χ0n) is 7.11. The number of carbonyl (C=O) groups excluding carboxylic acids is 1. The van der Waals surface area contributed by atoms with Crippen molar-refractivity contribution < 1.29 is 4.79 Å². The van der Waals surface area contributed by atoms with Crippen LogP contribution in [0.15, 0.2) is 12.1 Å². The Morgan fingerprint density at radius 3 is 2.58 bits per heavy atom. The first-order valence-corrected chi connectivity index (χ1v) is 3.54. The van der Waals surface area contributed by atoms with Gasteiger partial charge in [-0.25, -0.2) is 4.98 Å². The molecule has 0 unspecified atom stereocenters. The predicted molar refractivity (Wildman–Crippen MR) is 48.4 cm³/mol. The van der Waals surface area contributed by atoms with Gasteiger partial charge >= 0.3 is 0 Å². The number of hydrogen-bond donors (Lipinski definition) is 1. The second kappa shape index (κ2) is 3.21. The summed E-state index contributed by atoms with van der Waals surface area (Å²) in [6, 6.07) is 3.41. The van der Waals surface area contributed by atoms with Crippen molar-refractivity contribution in [1.29, 1.82) is 0 Å². The van der Waals surface area contributed by atoms with Gasteiger partial charge in [-0.3, -0.25) is 4.79 Å². The van der Waals surface area contributed by atoms with E-state index in [2.05, 4.69) is 4.98 Å². The van der Waals surface area contributed by atoms with Gasteiger partial charge in [0.1, 0.15) is 11.6 Å². The number of nitrogen functional groups attached to an aromatic ring is 1. The van der Waals surface area contributed by atoms with Gasteiger partial charge in [-0.1, -0.05) is 0 Å². The second-order valence-electron chi connectivity index (χ2n) is 2.66. The summed E-state index contributed by atoms with van der Waals surface area (Å²) in [4.78, 5) is 16.2. The normalized spacial score (nSPS) is 9.50. The van der Waals surface area contributed by atoms with Crippen molar-refractivity contribution >= 4 is 17.9 Å². The van der Waals surface area contributed by atoms with E-state index < -0.39 is 0 Å². The Labute approximate surface area is 71.0 Å². The lowest BCUT2D eigenvalue weighted by molar-refractivity contribution is 0.112. The highest BCUT2D eigenvalue weighted by Crippen LogP contribution is 2.12. The van der Waals surface area contributed by atoms with E-state index in [-0.39, 0.29) is 5.82 Å². The molecule has 4 heteroatoms. The Morgan fingerprint density at radius 1 is 1.50 bits per heavy atom. The van der Waals surface area contributed by atoms with Gasteiger partial charge in [0.05, 0.1) is 5.56 Å². The predicted octanol–water partition coefficient (Wildman–Crippen LogP) is 0.542. The average molecular weight is 165 g/mol. The molecule has 0 atom stereocenters. The quantitative estimate of drug-likeness (QED) is 0.650. The Balaban J connectivity index is 3.10. The van der Waals surface area contributed by atoms with Crippen molar-refractivity contribution in [2.24, 2.45) is 0 Å². The highest BCUT2D eigenvalue weighted by molar-refractivity contribution is 5.82. The Morgan fingerprint density at radius 2 is 2.17 bits per heavy atom. The third kappa shape index (κ3) is 1.53. The zero-order chi connectivity index (χ0) is 9.14. The van der Waals surface area contributed by atoms with Crippen LogP contribution in [0.3, 0.4) is 0 Å². The first kappa shape index (κ1) is 8.52. The molecule has 0 radical (unpaired) electrons. The van der Waals surface area contributed by atoms with E-state index in [9.17, 15) is 4.79 Å². The van der Waals surface area contributed by atoms with E-state index in [0.717, 1.165) is 5.82 Å². The van der Waals surface area contributed by atoms with Crippen LogP contribution in [-0.2, 0) is 0 Å². The van der Waals surface area contributed by atoms with Crippen LogP contribution in [0.25, 0.3) is 0 Å². The van der Waals surface area contributed by atoms with Crippen molar-refractivity contribution in [1.82, 2.24) is 4.98 Å². The summed E-state index contributed by atoms with van der Waals surface area (Å²) in [6.45, 7) is 0. The molecular formula is C8H11N3O. The summed E-state index contributed by atoms with van der Waals surface area (Å²) >= 11 is 0. The molecule has 0 aliphatic rings. The summed E-state index contributed by atoms with van der Waals surface area (Å²) in [5.41, 5.74) is 5.93. The van der Waals surface area contributed by atoms with E-state index in [0.29, 0.717) is 11.8 Å². The fraction of sp³-hybridized carbons (Fsp3) is 0.250. The first-order valence-electron chi connectivity index (χ1n) is 3.54. The van der Waals surface area contributed by atoms with Crippen LogP contribution in [0.1, 0.15) is 10.4 Å². The zero-order valence-corrected chi connectivity index (χ0v) is 7.11. The van der Waals surface area contributed by atoms with E-state index in [1.54, 1.807) is 12.1 Å². The standard InChI is InChI=1S/C8H11N3O/c1-11(2)7-4-3-6(5-12)8(9)10-7/h3-5H,1-2H3,(H2,9,10). The fourth-order valence-corrected chi connectivity index (χ4v) is 0.824. The van der Waals surface area contributed by atoms with Crippen LogP contribution in [0.2, 0.25) is 0 Å². The third-order valence-corrected chi connectivity index (χ3v) is 1.53. The molecule has 0 bridgehead atoms. The Bertz CT molecular complexity index is 296. The molecule has 0 aliphatic heterocycles. The molecule has 64 valence electrons. The van der Waals surface area contributed by atoms with Crippen LogP contribution >= 0.6 is 0 Å². The monoisotopic (exact) mass is 165 g/mol. The number of rotatable bonds is 2. The number of carbonyl (C=O) groups is 1. The van der Waals surface area contributed by atoms with E-state index in [1.807, 2.05) is 19.0 Å². The molecule has 0 saturated heterocycles. The lowest BCUT2D eigenvalue weighted by atomic mass is 10.3. The molecule has 0 fully saturated rings. The lowest BCUT2D eigenvalue weighted by Crippen LogP contribution is -2.12. The van der Waals surface area contributed by atoms with Crippen LogP contribution < -0.4 is 10.6 Å². The summed E-state index contributed by atoms with van der Waals surface area (Å²) in [5, 5.41) is 0. The third-order valence-electron chi connectivity index (χ3n) is 1.53. The number of nitrogens with zero attached hydrogens (tertiary/aromatic N) is 2. The maximum absolute atomic E-state index is 10.4. The summed E-state index contributed by atoms with van der Waals surface area (Å²) < 4.78 is 0. The molecule has 2 N–H and O–H groups in total. The van der Waals surface area contributed by atoms with Crippen molar-refractivity contribution in [3.63, 3.8) is 0 Å². The average Bonchev–Trinajstić information content (AvgIpc) is 2.04. The summed E-state index contributed by atoms with van der Waals surface area (Å²) in [5.74, 6) is 1.02. The second-order valence-corrected chi connectivity index (χ2v) is 2.66. The Hall–Kier alpha value is -1.58. The topological polar surface area (TPSA) is 59.2 Å². The minimum Gasteiger partial charge on any atom is -0.383 e. The van der Waals surface area contributed by atoms with Gasteiger partial charge in [-0.15, -0.1) is 0 Å². The molecule has 1 rings (SSSR count). The molecule has 1 heterocycles. The largest absolute Gasteiger partial charge is 0.383 e. The summed E-state index contributed by atoms with van der Waals surface area (Å²) in [7, 11) is 3.73. The van der Waals surface area contributed by atoms with E-state index in [1.165, 1.54) is 0 Å². The molecule has 12 heavy (non-hydrogen) atoms. The van der Waals surface area contributed by atoms with Crippen molar-refractivity contribution in [2.45, 2.75) is 0 Å². The van der Waals surface area contributed by atoms with E-state index >= 15 is 0 Å². The molecular weight excluding hydrogens is 154 g/mol. The number of aldehydes is 1. The molecule has 0 aliphatic carbocycles. The molecule has 1 aromatic heterocycles. The smallest absolute Gasteiger partial charge is 0.153 e. The van der Waals surface area contributed by atoms with Crippen LogP contribution in [0.5, 0.6) is 0 Å². The molecule has 0 saturated carbocycles. The van der Waals surface area contributed by atoms with Gasteiger partial charge in [0.15, 0.2) is 6.29 Å². The highest BCUT2D eigenvalue weighted by Gasteiger charge is 2.01. The Kier molecular flexibility index (Phi) is 2.28. The minimum atomic E-state index is 0.274. The number of anilines is 2. The van der Waals surface area contributed by atoms with Crippen molar-refractivity contribution in [3.05, 3.63) is 17.7 Å². The van der Waals surface area contributed by atoms with Gasteiger partial charge in [0, 0.05) is 14.1 Å². The van der Waals surface area contributed by atoms with Gasteiger partial charge in [0.25, 0.3) is 0 Å². The number of nitrogens with two attached hydrogens (primary N) is 1. The van der Waals surface area contributed by atoms with Crippen molar-refractivity contribution in [3.8, 4) is 0 Å². The van der Waals surface area contributed by atoms with Crippen molar-refractivity contribution in [2.75, 3.05) is 24.7 Å². The highest BCUT2D eigenvalue weighted by atomic mass is 16.1. The number of hydrogen-bond acceptors (Lipinski definition) is 4. The number of pyridine rings is 1. The van der Waals surface area contributed by atoms with Gasteiger partial charge in [-0.05, 0) is 12.1 Å². The van der Waals surface area contributed by atoms with Crippen LogP contribution in [0, 0.1) is 0 Å². The maximum atomic E-state index is 10.4. The van der Waals surface area contributed by atoms with Gasteiger partial charge in [0.2, 0.25) is 0 Å². The van der Waals surface area contributed by atoms with E-state index in [4.69, 9.17) is 5.73 Å². The van der Waals surface area contributed by atoms with Crippen LogP contribution in [-0.4, -0.2) is 25.4 Å². The van der Waals surface area contributed by atoms with Gasteiger partial charge < -0.3 is 10.6 Å². The number of aromatic nitrogens is 1. The lowest BCUT2D eigenvalue weighted by Gasteiger charge is -2.11. The molecule has 0 spiro atoms. The molecule has 1 aromatic rings. The summed E-state index contributed by atoms with van der Waals surface area (Å²) in [6.07, 6.45) is 0.696. The SMILES string of the molecule is CN(C)c1ccc(C=O)c(N)n1. The molecule has 0 amide bonds.